The Balaban J connectivity index is 1.59. The fourth-order valence-corrected chi connectivity index (χ4v) is 3.48. The molecule has 0 saturated heterocycles. The Kier molecular flexibility index (Phi) is 5.65. The number of aromatic nitrogens is 1. The normalized spacial score (nSPS) is 11.3. The Labute approximate surface area is 167 Å². The molecule has 0 bridgehead atoms. The zero-order chi connectivity index (χ0) is 20.3. The van der Waals surface area contributed by atoms with Crippen molar-refractivity contribution in [2.24, 2.45) is 0 Å². The third kappa shape index (κ3) is 5.29. The standard InChI is InChI=1S/C21H23N3O3S/c1-13-5-10-16-17(11-13)28-19(23-16)24-18(25)15-8-6-14(7-9-15)12-22-20(26)27-21(2,3)4/h5-11H,12H2,1-4H3,(H,22,26)(H,23,24,25). The van der Waals surface area contributed by atoms with E-state index in [4.69, 9.17) is 4.74 Å². The van der Waals surface area contributed by atoms with E-state index in [1.54, 1.807) is 24.3 Å². The fourth-order valence-electron chi connectivity index (χ4n) is 2.52. The molecule has 7 heteroatoms. The summed E-state index contributed by atoms with van der Waals surface area (Å²) in [5.74, 6) is -0.220. The van der Waals surface area contributed by atoms with Crippen molar-refractivity contribution in [2.45, 2.75) is 39.8 Å². The molecule has 3 aromatic rings. The number of carbonyl (C=O) groups is 2. The van der Waals surface area contributed by atoms with Gasteiger partial charge in [-0.2, -0.15) is 0 Å². The van der Waals surface area contributed by atoms with E-state index < -0.39 is 11.7 Å². The first-order chi connectivity index (χ1) is 13.2. The molecule has 2 N–H and O–H groups in total. The molecule has 1 aromatic heterocycles. The quantitative estimate of drug-likeness (QED) is 0.657. The number of anilines is 1. The number of benzene rings is 2. The summed E-state index contributed by atoms with van der Waals surface area (Å²) in [6.45, 7) is 7.79. The summed E-state index contributed by atoms with van der Waals surface area (Å²) in [7, 11) is 0. The number of thiazole rings is 1. The van der Waals surface area contributed by atoms with Crippen LogP contribution in [-0.4, -0.2) is 22.6 Å². The number of hydrogen-bond acceptors (Lipinski definition) is 5. The highest BCUT2D eigenvalue weighted by molar-refractivity contribution is 7.22. The largest absolute Gasteiger partial charge is 0.444 e. The highest BCUT2D eigenvalue weighted by Crippen LogP contribution is 2.27. The van der Waals surface area contributed by atoms with Gasteiger partial charge in [-0.05, 0) is 63.1 Å². The molecule has 146 valence electrons. The van der Waals surface area contributed by atoms with E-state index in [0.29, 0.717) is 17.2 Å². The second-order valence-corrected chi connectivity index (χ2v) is 8.53. The van der Waals surface area contributed by atoms with Crippen LogP contribution in [0.5, 0.6) is 0 Å². The van der Waals surface area contributed by atoms with Gasteiger partial charge in [0.05, 0.1) is 10.2 Å². The van der Waals surface area contributed by atoms with Crippen LogP contribution in [-0.2, 0) is 11.3 Å². The van der Waals surface area contributed by atoms with Gasteiger partial charge in [-0.3, -0.25) is 10.1 Å². The Morgan fingerprint density at radius 3 is 2.50 bits per heavy atom. The molecule has 0 fully saturated rings. The van der Waals surface area contributed by atoms with Crippen LogP contribution in [0.1, 0.15) is 42.3 Å². The molecule has 28 heavy (non-hydrogen) atoms. The highest BCUT2D eigenvalue weighted by atomic mass is 32.1. The fraction of sp³-hybridized carbons (Fsp3) is 0.286. The van der Waals surface area contributed by atoms with Crippen LogP contribution >= 0.6 is 11.3 Å². The maximum atomic E-state index is 12.5. The highest BCUT2D eigenvalue weighted by Gasteiger charge is 2.16. The molecule has 0 aliphatic heterocycles. The number of aryl methyl sites for hydroxylation is 1. The Bertz CT molecular complexity index is 1000. The van der Waals surface area contributed by atoms with Crippen LogP contribution in [0.15, 0.2) is 42.5 Å². The van der Waals surface area contributed by atoms with Gasteiger partial charge in [-0.25, -0.2) is 9.78 Å². The van der Waals surface area contributed by atoms with E-state index >= 15 is 0 Å². The molecular weight excluding hydrogens is 374 g/mol. The number of ether oxygens (including phenoxy) is 1. The summed E-state index contributed by atoms with van der Waals surface area (Å²) >= 11 is 1.45. The summed E-state index contributed by atoms with van der Waals surface area (Å²) in [5, 5.41) is 6.11. The summed E-state index contributed by atoms with van der Waals surface area (Å²) < 4.78 is 6.24. The number of rotatable bonds is 4. The third-order valence-electron chi connectivity index (χ3n) is 3.82. The van der Waals surface area contributed by atoms with Gasteiger partial charge in [-0.15, -0.1) is 0 Å². The molecule has 2 aromatic carbocycles. The summed E-state index contributed by atoms with van der Waals surface area (Å²) in [5.41, 5.74) is 2.89. The molecule has 0 aliphatic rings. The Morgan fingerprint density at radius 2 is 1.82 bits per heavy atom. The predicted octanol–water partition coefficient (Wildman–Crippen LogP) is 4.88. The maximum absolute atomic E-state index is 12.5. The Morgan fingerprint density at radius 1 is 1.11 bits per heavy atom. The molecular formula is C21H23N3O3S. The molecule has 0 aliphatic carbocycles. The minimum Gasteiger partial charge on any atom is -0.444 e. The van der Waals surface area contributed by atoms with Crippen molar-refractivity contribution in [3.63, 3.8) is 0 Å². The topological polar surface area (TPSA) is 80.3 Å². The van der Waals surface area contributed by atoms with E-state index in [0.717, 1.165) is 21.3 Å². The predicted molar refractivity (Wildman–Crippen MR) is 112 cm³/mol. The average Bonchev–Trinajstić information content (AvgIpc) is 3.00. The number of alkyl carbamates (subject to hydrolysis) is 1. The van der Waals surface area contributed by atoms with Crippen LogP contribution in [0.4, 0.5) is 9.93 Å². The number of amides is 2. The van der Waals surface area contributed by atoms with Gasteiger partial charge in [0.15, 0.2) is 5.13 Å². The summed E-state index contributed by atoms with van der Waals surface area (Å²) in [4.78, 5) is 28.6. The van der Waals surface area contributed by atoms with E-state index in [1.807, 2.05) is 39.8 Å². The lowest BCUT2D eigenvalue weighted by Crippen LogP contribution is -2.32. The summed E-state index contributed by atoms with van der Waals surface area (Å²) in [6.07, 6.45) is -0.472. The molecule has 2 amide bonds. The minimum absolute atomic E-state index is 0.220. The monoisotopic (exact) mass is 397 g/mol. The first-order valence-electron chi connectivity index (χ1n) is 8.94. The zero-order valence-corrected chi connectivity index (χ0v) is 17.1. The minimum atomic E-state index is -0.536. The number of fused-ring (bicyclic) bond motifs is 1. The van der Waals surface area contributed by atoms with Crippen molar-refractivity contribution in [3.05, 3.63) is 59.2 Å². The lowest BCUT2D eigenvalue weighted by Gasteiger charge is -2.19. The lowest BCUT2D eigenvalue weighted by atomic mass is 10.1. The van der Waals surface area contributed by atoms with Gasteiger partial charge in [0.25, 0.3) is 5.91 Å². The van der Waals surface area contributed by atoms with Crippen LogP contribution < -0.4 is 10.6 Å². The Hall–Kier alpha value is -2.93. The van der Waals surface area contributed by atoms with Gasteiger partial charge in [-0.1, -0.05) is 29.5 Å². The molecule has 3 rings (SSSR count). The molecule has 6 nitrogen and oxygen atoms in total. The van der Waals surface area contributed by atoms with Crippen molar-refractivity contribution < 1.29 is 14.3 Å². The van der Waals surface area contributed by atoms with Gasteiger partial charge in [0.1, 0.15) is 5.60 Å². The summed E-state index contributed by atoms with van der Waals surface area (Å²) in [6, 6.07) is 13.0. The van der Waals surface area contributed by atoms with E-state index in [-0.39, 0.29) is 5.91 Å². The van der Waals surface area contributed by atoms with Crippen molar-refractivity contribution in [2.75, 3.05) is 5.32 Å². The van der Waals surface area contributed by atoms with E-state index in [2.05, 4.69) is 21.7 Å². The second kappa shape index (κ2) is 7.98. The molecule has 0 radical (unpaired) electrons. The molecule has 0 spiro atoms. The average molecular weight is 398 g/mol. The smallest absolute Gasteiger partial charge is 0.407 e. The first-order valence-corrected chi connectivity index (χ1v) is 9.75. The number of nitrogens with zero attached hydrogens (tertiary/aromatic N) is 1. The number of carbonyl (C=O) groups excluding carboxylic acids is 2. The maximum Gasteiger partial charge on any atom is 0.407 e. The number of hydrogen-bond donors (Lipinski definition) is 2. The molecule has 0 saturated carbocycles. The van der Waals surface area contributed by atoms with E-state index in [1.165, 1.54) is 11.3 Å². The van der Waals surface area contributed by atoms with Crippen LogP contribution in [0.2, 0.25) is 0 Å². The zero-order valence-electron chi connectivity index (χ0n) is 16.3. The van der Waals surface area contributed by atoms with E-state index in [9.17, 15) is 9.59 Å². The van der Waals surface area contributed by atoms with Crippen LogP contribution in [0, 0.1) is 6.92 Å². The van der Waals surface area contributed by atoms with Gasteiger partial charge < -0.3 is 10.1 Å². The van der Waals surface area contributed by atoms with Crippen molar-refractivity contribution >= 4 is 38.7 Å². The van der Waals surface area contributed by atoms with Gasteiger partial charge in [0, 0.05) is 12.1 Å². The molecule has 0 unspecified atom stereocenters. The SMILES string of the molecule is Cc1ccc2nc(NC(=O)c3ccc(CNC(=O)OC(C)(C)C)cc3)sc2c1. The molecule has 1 heterocycles. The lowest BCUT2D eigenvalue weighted by molar-refractivity contribution is 0.0523. The number of nitrogens with one attached hydrogen (secondary N) is 2. The molecule has 0 atom stereocenters. The van der Waals surface area contributed by atoms with Crippen molar-refractivity contribution in [1.82, 2.24) is 10.3 Å². The van der Waals surface area contributed by atoms with Crippen LogP contribution in [0.3, 0.4) is 0 Å². The van der Waals surface area contributed by atoms with Crippen molar-refractivity contribution in [1.29, 1.82) is 0 Å². The van der Waals surface area contributed by atoms with Gasteiger partial charge in [0.2, 0.25) is 0 Å². The second-order valence-electron chi connectivity index (χ2n) is 7.50. The first kappa shape index (κ1) is 19.8. The van der Waals surface area contributed by atoms with Crippen LogP contribution in [0.25, 0.3) is 10.2 Å². The third-order valence-corrected chi connectivity index (χ3v) is 4.75. The van der Waals surface area contributed by atoms with Crippen molar-refractivity contribution in [3.8, 4) is 0 Å². The van der Waals surface area contributed by atoms with Gasteiger partial charge >= 0.3 is 6.09 Å².